The molecule has 3 atom stereocenters. The van der Waals surface area contributed by atoms with Gasteiger partial charge in [-0.3, -0.25) is 10.1 Å². The largest absolute Gasteiger partial charge is 0.323 e. The second-order valence-corrected chi connectivity index (χ2v) is 6.44. The smallest absolute Gasteiger partial charge is 0.240 e. The summed E-state index contributed by atoms with van der Waals surface area (Å²) in [5, 5.41) is 3.56. The molecule has 2 rings (SSSR count). The van der Waals surface area contributed by atoms with Crippen molar-refractivity contribution >= 4 is 5.91 Å². The van der Waals surface area contributed by atoms with E-state index in [9.17, 15) is 4.79 Å². The fraction of sp³-hybridized carbons (Fsp3) is 0.938. The Morgan fingerprint density at radius 1 is 1.26 bits per heavy atom. The monoisotopic (exact) mass is 266 g/mol. The third kappa shape index (κ3) is 2.81. The third-order valence-electron chi connectivity index (χ3n) is 5.36. The molecule has 1 saturated carbocycles. The van der Waals surface area contributed by atoms with E-state index >= 15 is 0 Å². The van der Waals surface area contributed by atoms with Gasteiger partial charge in [0.25, 0.3) is 0 Å². The van der Waals surface area contributed by atoms with Crippen LogP contribution in [-0.2, 0) is 4.79 Å². The maximum Gasteiger partial charge on any atom is 0.240 e. The molecule has 2 fully saturated rings. The summed E-state index contributed by atoms with van der Waals surface area (Å²) >= 11 is 0. The van der Waals surface area contributed by atoms with Gasteiger partial charge in [-0.25, -0.2) is 0 Å². The number of amides is 1. The van der Waals surface area contributed by atoms with Crippen molar-refractivity contribution in [3.63, 3.8) is 0 Å². The number of carbonyl (C=O) groups excluding carboxylic acids is 1. The zero-order valence-electron chi connectivity index (χ0n) is 13.0. The average molecular weight is 266 g/mol. The first-order chi connectivity index (χ1) is 9.10. The number of carbonyl (C=O) groups is 1. The lowest BCUT2D eigenvalue weighted by molar-refractivity contribution is -0.133. The van der Waals surface area contributed by atoms with Crippen LogP contribution in [-0.4, -0.2) is 29.1 Å². The number of nitrogens with zero attached hydrogens (tertiary/aromatic N) is 1. The summed E-state index contributed by atoms with van der Waals surface area (Å²) in [5.41, 5.74) is 0. The number of rotatable bonds is 5. The number of hydrogen-bond donors (Lipinski definition) is 1. The normalized spacial score (nSPS) is 30.6. The Labute approximate surface area is 118 Å². The molecule has 0 aromatic carbocycles. The van der Waals surface area contributed by atoms with Crippen LogP contribution in [0.1, 0.15) is 66.2 Å². The van der Waals surface area contributed by atoms with Gasteiger partial charge >= 0.3 is 0 Å². The Morgan fingerprint density at radius 3 is 2.37 bits per heavy atom. The van der Waals surface area contributed by atoms with Crippen LogP contribution in [0.4, 0.5) is 0 Å². The van der Waals surface area contributed by atoms with Gasteiger partial charge in [0.05, 0.1) is 12.2 Å². The summed E-state index contributed by atoms with van der Waals surface area (Å²) in [5.74, 6) is 1.61. The Kier molecular flexibility index (Phi) is 4.88. The van der Waals surface area contributed by atoms with Crippen LogP contribution in [0.25, 0.3) is 0 Å². The van der Waals surface area contributed by atoms with Gasteiger partial charge in [-0.2, -0.15) is 0 Å². The standard InChI is InChI=1S/C16H30N2O/c1-5-13(6-2)12(4)18-15(14-9-7-8-10-14)17-11(3)16(18)19/h11-15,17H,5-10H2,1-4H3. The molecule has 1 aliphatic carbocycles. The molecule has 0 radical (unpaired) electrons. The van der Waals surface area contributed by atoms with Crippen LogP contribution >= 0.6 is 0 Å². The fourth-order valence-electron chi connectivity index (χ4n) is 4.06. The van der Waals surface area contributed by atoms with Crippen LogP contribution in [0.5, 0.6) is 0 Å². The summed E-state index contributed by atoms with van der Waals surface area (Å²) < 4.78 is 0. The van der Waals surface area contributed by atoms with Crippen molar-refractivity contribution < 1.29 is 4.79 Å². The molecule has 0 bridgehead atoms. The maximum atomic E-state index is 12.5. The van der Waals surface area contributed by atoms with E-state index < -0.39 is 0 Å². The fourth-order valence-corrected chi connectivity index (χ4v) is 4.06. The summed E-state index contributed by atoms with van der Waals surface area (Å²) in [4.78, 5) is 14.7. The number of nitrogens with one attached hydrogen (secondary N) is 1. The highest BCUT2D eigenvalue weighted by Crippen LogP contribution is 2.34. The molecular formula is C16H30N2O. The van der Waals surface area contributed by atoms with Crippen LogP contribution < -0.4 is 5.32 Å². The first-order valence-electron chi connectivity index (χ1n) is 8.18. The molecule has 1 amide bonds. The molecule has 3 nitrogen and oxygen atoms in total. The number of hydrogen-bond acceptors (Lipinski definition) is 2. The van der Waals surface area contributed by atoms with Crippen molar-refractivity contribution in [2.45, 2.75) is 84.5 Å². The van der Waals surface area contributed by atoms with Crippen molar-refractivity contribution in [3.8, 4) is 0 Å². The molecule has 1 N–H and O–H groups in total. The van der Waals surface area contributed by atoms with E-state index in [0.29, 0.717) is 30.0 Å². The minimum absolute atomic E-state index is 0.00223. The first kappa shape index (κ1) is 14.8. The Bertz CT molecular complexity index is 308. The van der Waals surface area contributed by atoms with Crippen LogP contribution in [0.3, 0.4) is 0 Å². The van der Waals surface area contributed by atoms with Gasteiger partial charge < -0.3 is 4.90 Å². The van der Waals surface area contributed by atoms with Gasteiger partial charge in [-0.15, -0.1) is 0 Å². The predicted octanol–water partition coefficient (Wildman–Crippen LogP) is 3.15. The van der Waals surface area contributed by atoms with E-state index in [2.05, 4.69) is 31.0 Å². The third-order valence-corrected chi connectivity index (χ3v) is 5.36. The second kappa shape index (κ2) is 6.25. The Hall–Kier alpha value is -0.570. The van der Waals surface area contributed by atoms with Crippen molar-refractivity contribution in [1.29, 1.82) is 0 Å². The zero-order chi connectivity index (χ0) is 14.0. The zero-order valence-corrected chi connectivity index (χ0v) is 13.0. The highest BCUT2D eigenvalue weighted by atomic mass is 16.2. The minimum atomic E-state index is 0.00223. The molecule has 3 heteroatoms. The second-order valence-electron chi connectivity index (χ2n) is 6.44. The molecular weight excluding hydrogens is 236 g/mol. The van der Waals surface area contributed by atoms with E-state index in [1.165, 1.54) is 25.7 Å². The van der Waals surface area contributed by atoms with E-state index in [1.54, 1.807) is 0 Å². The Morgan fingerprint density at radius 2 is 1.84 bits per heavy atom. The first-order valence-corrected chi connectivity index (χ1v) is 8.18. The van der Waals surface area contributed by atoms with Crippen molar-refractivity contribution in [3.05, 3.63) is 0 Å². The lowest BCUT2D eigenvalue weighted by Gasteiger charge is -2.37. The molecule has 0 aromatic rings. The molecule has 2 aliphatic rings. The SMILES string of the molecule is CCC(CC)C(C)N1C(=O)C(C)NC1C1CCCC1. The highest BCUT2D eigenvalue weighted by molar-refractivity contribution is 5.84. The van der Waals surface area contributed by atoms with Crippen molar-refractivity contribution in [1.82, 2.24) is 10.2 Å². The van der Waals surface area contributed by atoms with Gasteiger partial charge in [0, 0.05) is 6.04 Å². The molecule has 0 aromatic heterocycles. The van der Waals surface area contributed by atoms with Gasteiger partial charge in [-0.1, -0.05) is 39.5 Å². The van der Waals surface area contributed by atoms with Gasteiger partial charge in [0.2, 0.25) is 5.91 Å². The minimum Gasteiger partial charge on any atom is -0.323 e. The van der Waals surface area contributed by atoms with Gasteiger partial charge in [0.15, 0.2) is 0 Å². The molecule has 110 valence electrons. The van der Waals surface area contributed by atoms with Gasteiger partial charge in [0.1, 0.15) is 0 Å². The topological polar surface area (TPSA) is 32.3 Å². The van der Waals surface area contributed by atoms with E-state index in [1.807, 2.05) is 6.92 Å². The maximum absolute atomic E-state index is 12.5. The molecule has 1 heterocycles. The molecule has 3 unspecified atom stereocenters. The van der Waals surface area contributed by atoms with Crippen LogP contribution in [0.2, 0.25) is 0 Å². The highest BCUT2D eigenvalue weighted by Gasteiger charge is 2.44. The summed E-state index contributed by atoms with van der Waals surface area (Å²) in [6.45, 7) is 8.75. The van der Waals surface area contributed by atoms with Crippen molar-refractivity contribution in [2.24, 2.45) is 11.8 Å². The summed E-state index contributed by atoms with van der Waals surface area (Å²) in [6, 6.07) is 0.368. The van der Waals surface area contributed by atoms with E-state index in [4.69, 9.17) is 0 Å². The lowest BCUT2D eigenvalue weighted by atomic mass is 9.92. The summed E-state index contributed by atoms with van der Waals surface area (Å²) in [6.07, 6.45) is 7.84. The van der Waals surface area contributed by atoms with Crippen LogP contribution in [0.15, 0.2) is 0 Å². The average Bonchev–Trinajstić information content (AvgIpc) is 3.00. The molecule has 1 saturated heterocycles. The Balaban J connectivity index is 2.15. The van der Waals surface area contributed by atoms with Crippen LogP contribution in [0, 0.1) is 11.8 Å². The molecule has 0 spiro atoms. The molecule has 1 aliphatic heterocycles. The predicted molar refractivity (Wildman–Crippen MR) is 78.7 cm³/mol. The van der Waals surface area contributed by atoms with Gasteiger partial charge in [-0.05, 0) is 38.5 Å². The van der Waals surface area contributed by atoms with E-state index in [-0.39, 0.29) is 6.04 Å². The van der Waals surface area contributed by atoms with E-state index in [0.717, 1.165) is 12.8 Å². The lowest BCUT2D eigenvalue weighted by Crippen LogP contribution is -2.49. The van der Waals surface area contributed by atoms with Crippen molar-refractivity contribution in [2.75, 3.05) is 0 Å². The molecule has 19 heavy (non-hydrogen) atoms. The summed E-state index contributed by atoms with van der Waals surface area (Å²) in [7, 11) is 0. The quantitative estimate of drug-likeness (QED) is 0.829.